The molecule has 0 aliphatic rings. The average Bonchev–Trinajstić information content (AvgIpc) is 2.38. The highest BCUT2D eigenvalue weighted by atomic mass is 19.4. The molecule has 21 heavy (non-hydrogen) atoms. The molecule has 0 bridgehead atoms. The first-order valence-electron chi connectivity index (χ1n) is 6.97. The monoisotopic (exact) mass is 307 g/mol. The summed E-state index contributed by atoms with van der Waals surface area (Å²) in [7, 11) is 0. The fourth-order valence-electron chi connectivity index (χ4n) is 1.86. The molecule has 2 nitrogen and oxygen atoms in total. The lowest BCUT2D eigenvalue weighted by molar-refractivity contribution is -0.140. The van der Waals surface area contributed by atoms with E-state index < -0.39 is 23.6 Å². The van der Waals surface area contributed by atoms with Crippen LogP contribution in [0.5, 0.6) is 0 Å². The van der Waals surface area contributed by atoms with Crippen molar-refractivity contribution in [2.45, 2.75) is 45.5 Å². The largest absolute Gasteiger partial charge is 0.419 e. The van der Waals surface area contributed by atoms with Crippen molar-refractivity contribution in [3.63, 3.8) is 0 Å². The van der Waals surface area contributed by atoms with Gasteiger partial charge in [0.05, 0.1) is 24.3 Å². The Labute approximate surface area is 122 Å². The molecule has 0 amide bonds. The predicted octanol–water partition coefficient (Wildman–Crippen LogP) is 4.31. The van der Waals surface area contributed by atoms with Gasteiger partial charge in [0, 0.05) is 0 Å². The van der Waals surface area contributed by atoms with Crippen molar-refractivity contribution in [3.05, 3.63) is 35.1 Å². The zero-order valence-electron chi connectivity index (χ0n) is 12.4. The Morgan fingerprint density at radius 1 is 1.24 bits per heavy atom. The number of benzene rings is 1. The second kappa shape index (κ2) is 7.75. The van der Waals surface area contributed by atoms with E-state index >= 15 is 0 Å². The summed E-state index contributed by atoms with van der Waals surface area (Å²) in [6, 6.07) is 2.68. The highest BCUT2D eigenvalue weighted by molar-refractivity contribution is 5.29. The van der Waals surface area contributed by atoms with Gasteiger partial charge in [0.2, 0.25) is 0 Å². The SMILES string of the molecule is CCCNC(COC(C)C)c1ccc(F)c(C(F)(F)F)c1. The van der Waals surface area contributed by atoms with Crippen LogP contribution in [0.15, 0.2) is 18.2 Å². The minimum atomic E-state index is -4.70. The van der Waals surface area contributed by atoms with Crippen LogP contribution < -0.4 is 5.32 Å². The van der Waals surface area contributed by atoms with E-state index in [1.54, 1.807) is 0 Å². The summed E-state index contributed by atoms with van der Waals surface area (Å²) in [5.74, 6) is -1.26. The first-order chi connectivity index (χ1) is 9.75. The van der Waals surface area contributed by atoms with Crippen LogP contribution in [0.2, 0.25) is 0 Å². The summed E-state index contributed by atoms with van der Waals surface area (Å²) in [5, 5.41) is 3.12. The van der Waals surface area contributed by atoms with E-state index in [4.69, 9.17) is 4.74 Å². The van der Waals surface area contributed by atoms with Crippen LogP contribution in [0, 0.1) is 5.82 Å². The summed E-state index contributed by atoms with van der Waals surface area (Å²) < 4.78 is 57.1. The fourth-order valence-corrected chi connectivity index (χ4v) is 1.86. The van der Waals surface area contributed by atoms with Gasteiger partial charge in [-0.05, 0) is 44.5 Å². The molecule has 1 aromatic carbocycles. The van der Waals surface area contributed by atoms with E-state index in [2.05, 4.69) is 5.32 Å². The lowest BCUT2D eigenvalue weighted by Gasteiger charge is -2.21. The number of ether oxygens (including phenoxy) is 1. The molecule has 1 atom stereocenters. The first-order valence-corrected chi connectivity index (χ1v) is 6.97. The topological polar surface area (TPSA) is 21.3 Å². The predicted molar refractivity (Wildman–Crippen MR) is 73.5 cm³/mol. The molecular formula is C15H21F4NO. The molecule has 0 radical (unpaired) electrons. The van der Waals surface area contributed by atoms with Crippen LogP contribution in [0.3, 0.4) is 0 Å². The zero-order chi connectivity index (χ0) is 16.0. The van der Waals surface area contributed by atoms with Gasteiger partial charge in [0.1, 0.15) is 5.82 Å². The van der Waals surface area contributed by atoms with E-state index in [9.17, 15) is 17.6 Å². The number of rotatable bonds is 7. The maximum absolute atomic E-state index is 13.3. The Morgan fingerprint density at radius 2 is 1.90 bits per heavy atom. The van der Waals surface area contributed by atoms with E-state index in [1.165, 1.54) is 6.07 Å². The standard InChI is InChI=1S/C15H21F4NO/c1-4-7-20-14(9-21-10(2)3)11-5-6-13(16)12(8-11)15(17,18)19/h5-6,8,10,14,20H,4,7,9H2,1-3H3. The van der Waals surface area contributed by atoms with Crippen LogP contribution in [0.1, 0.15) is 44.4 Å². The van der Waals surface area contributed by atoms with E-state index in [-0.39, 0.29) is 12.7 Å². The molecule has 0 saturated heterocycles. The third-order valence-electron chi connectivity index (χ3n) is 2.94. The Kier molecular flexibility index (Phi) is 6.61. The Bertz CT molecular complexity index is 446. The van der Waals surface area contributed by atoms with Gasteiger partial charge in [-0.2, -0.15) is 13.2 Å². The molecule has 0 heterocycles. The molecule has 0 aromatic heterocycles. The minimum absolute atomic E-state index is 0.0292. The van der Waals surface area contributed by atoms with Crippen molar-refractivity contribution in [2.24, 2.45) is 0 Å². The summed E-state index contributed by atoms with van der Waals surface area (Å²) in [6.45, 7) is 6.54. The van der Waals surface area contributed by atoms with Gasteiger partial charge in [0.25, 0.3) is 0 Å². The Hall–Kier alpha value is -1.14. The number of hydrogen-bond donors (Lipinski definition) is 1. The quantitative estimate of drug-likeness (QED) is 0.758. The molecule has 0 saturated carbocycles. The zero-order valence-corrected chi connectivity index (χ0v) is 12.4. The fraction of sp³-hybridized carbons (Fsp3) is 0.600. The Morgan fingerprint density at radius 3 is 2.43 bits per heavy atom. The van der Waals surface area contributed by atoms with Crippen molar-refractivity contribution in [3.8, 4) is 0 Å². The molecule has 1 unspecified atom stereocenters. The lowest BCUT2D eigenvalue weighted by atomic mass is 10.0. The van der Waals surface area contributed by atoms with Gasteiger partial charge >= 0.3 is 6.18 Å². The number of nitrogens with one attached hydrogen (secondary N) is 1. The number of halogens is 4. The third kappa shape index (κ3) is 5.63. The van der Waals surface area contributed by atoms with E-state index in [0.717, 1.165) is 18.6 Å². The molecule has 0 fully saturated rings. The Balaban J connectivity index is 3.00. The van der Waals surface area contributed by atoms with Gasteiger partial charge in [-0.3, -0.25) is 0 Å². The second-order valence-electron chi connectivity index (χ2n) is 5.13. The van der Waals surface area contributed by atoms with Gasteiger partial charge in [0.15, 0.2) is 0 Å². The first kappa shape index (κ1) is 17.9. The normalized spacial score (nSPS) is 13.7. The second-order valence-corrected chi connectivity index (χ2v) is 5.13. The van der Waals surface area contributed by atoms with Gasteiger partial charge < -0.3 is 10.1 Å². The summed E-state index contributed by atoms with van der Waals surface area (Å²) in [6.07, 6.45) is -3.89. The van der Waals surface area contributed by atoms with Gasteiger partial charge in [-0.1, -0.05) is 13.0 Å². The molecule has 0 spiro atoms. The molecule has 120 valence electrons. The van der Waals surface area contributed by atoms with Crippen LogP contribution in [-0.2, 0) is 10.9 Å². The van der Waals surface area contributed by atoms with Crippen molar-refractivity contribution >= 4 is 0 Å². The summed E-state index contributed by atoms with van der Waals surface area (Å²) in [5.41, 5.74) is -0.870. The van der Waals surface area contributed by atoms with Crippen LogP contribution in [0.4, 0.5) is 17.6 Å². The lowest BCUT2D eigenvalue weighted by Crippen LogP contribution is -2.28. The van der Waals surface area contributed by atoms with Crippen molar-refractivity contribution in [2.75, 3.05) is 13.2 Å². The minimum Gasteiger partial charge on any atom is -0.377 e. The maximum atomic E-state index is 13.3. The van der Waals surface area contributed by atoms with Gasteiger partial charge in [-0.25, -0.2) is 4.39 Å². The van der Waals surface area contributed by atoms with Crippen molar-refractivity contribution in [1.82, 2.24) is 5.32 Å². The molecule has 1 aromatic rings. The number of hydrogen-bond acceptors (Lipinski definition) is 2. The van der Waals surface area contributed by atoms with Crippen LogP contribution >= 0.6 is 0 Å². The van der Waals surface area contributed by atoms with Crippen LogP contribution in [0.25, 0.3) is 0 Å². The maximum Gasteiger partial charge on any atom is 0.419 e. The van der Waals surface area contributed by atoms with Gasteiger partial charge in [-0.15, -0.1) is 0 Å². The summed E-state index contributed by atoms with van der Waals surface area (Å²) >= 11 is 0. The molecule has 6 heteroatoms. The molecule has 1 N–H and O–H groups in total. The van der Waals surface area contributed by atoms with E-state index in [1.807, 2.05) is 20.8 Å². The van der Waals surface area contributed by atoms with E-state index in [0.29, 0.717) is 12.1 Å². The smallest absolute Gasteiger partial charge is 0.377 e. The van der Waals surface area contributed by atoms with Crippen molar-refractivity contribution in [1.29, 1.82) is 0 Å². The molecule has 0 aliphatic heterocycles. The summed E-state index contributed by atoms with van der Waals surface area (Å²) in [4.78, 5) is 0. The average molecular weight is 307 g/mol. The number of alkyl halides is 3. The van der Waals surface area contributed by atoms with Crippen molar-refractivity contribution < 1.29 is 22.3 Å². The molecule has 1 rings (SSSR count). The third-order valence-corrected chi connectivity index (χ3v) is 2.94. The molecule has 0 aliphatic carbocycles. The highest BCUT2D eigenvalue weighted by Gasteiger charge is 2.34. The molecular weight excluding hydrogens is 286 g/mol. The highest BCUT2D eigenvalue weighted by Crippen LogP contribution is 2.33. The van der Waals surface area contributed by atoms with Crippen LogP contribution in [-0.4, -0.2) is 19.3 Å².